The predicted molar refractivity (Wildman–Crippen MR) is 83.6 cm³/mol. The zero-order valence-electron chi connectivity index (χ0n) is 12.1. The highest BCUT2D eigenvalue weighted by atomic mass is 32.1. The molecule has 0 unspecified atom stereocenters. The van der Waals surface area contributed by atoms with Gasteiger partial charge in [0.05, 0.1) is 11.6 Å². The van der Waals surface area contributed by atoms with E-state index in [1.54, 1.807) is 24.3 Å². The number of carbonyl (C=O) groups is 1. The molecule has 0 atom stereocenters. The topological polar surface area (TPSA) is 109 Å². The summed E-state index contributed by atoms with van der Waals surface area (Å²) in [4.78, 5) is 27.4. The Morgan fingerprint density at radius 3 is 2.96 bits per heavy atom. The minimum Gasteiger partial charge on any atom is -0.493 e. The summed E-state index contributed by atoms with van der Waals surface area (Å²) in [5, 5.41) is 3.86. The number of aromatic nitrogens is 3. The summed E-state index contributed by atoms with van der Waals surface area (Å²) in [7, 11) is 1.48. The van der Waals surface area contributed by atoms with E-state index < -0.39 is 5.91 Å². The van der Waals surface area contributed by atoms with Crippen LogP contribution in [-0.2, 0) is 4.79 Å². The molecule has 0 aliphatic heterocycles. The van der Waals surface area contributed by atoms with Gasteiger partial charge in [-0.15, -0.1) is 0 Å². The Morgan fingerprint density at radius 1 is 1.43 bits per heavy atom. The number of thiazole rings is 1. The van der Waals surface area contributed by atoms with E-state index in [0.29, 0.717) is 21.0 Å². The quantitative estimate of drug-likeness (QED) is 0.679. The van der Waals surface area contributed by atoms with E-state index in [2.05, 4.69) is 10.1 Å². The van der Waals surface area contributed by atoms with Crippen LogP contribution in [0.25, 0.3) is 11.0 Å². The van der Waals surface area contributed by atoms with E-state index >= 15 is 0 Å². The fourth-order valence-electron chi connectivity index (χ4n) is 1.97. The Balaban J connectivity index is 1.98. The van der Waals surface area contributed by atoms with Gasteiger partial charge in [0.25, 0.3) is 11.5 Å². The van der Waals surface area contributed by atoms with Crippen LogP contribution in [0.5, 0.6) is 11.5 Å². The second-order valence-corrected chi connectivity index (χ2v) is 5.54. The van der Waals surface area contributed by atoms with E-state index in [1.165, 1.54) is 29.3 Å². The highest BCUT2D eigenvalue weighted by molar-refractivity contribution is 7.15. The summed E-state index contributed by atoms with van der Waals surface area (Å²) < 4.78 is 12.2. The Hall–Kier alpha value is -2.94. The lowest BCUT2D eigenvalue weighted by atomic mass is 10.2. The Kier molecular flexibility index (Phi) is 3.94. The van der Waals surface area contributed by atoms with Gasteiger partial charge in [0.2, 0.25) is 4.96 Å². The second-order valence-electron chi connectivity index (χ2n) is 4.54. The molecule has 9 heteroatoms. The van der Waals surface area contributed by atoms with Crippen molar-refractivity contribution in [3.8, 4) is 11.5 Å². The monoisotopic (exact) mass is 332 g/mol. The number of hydrogen-bond donors (Lipinski definition) is 1. The lowest BCUT2D eigenvalue weighted by Gasteiger charge is -2.09. The number of amides is 1. The fourth-order valence-corrected chi connectivity index (χ4v) is 2.85. The average molecular weight is 332 g/mol. The number of fused-ring (bicyclic) bond motifs is 1. The summed E-state index contributed by atoms with van der Waals surface area (Å²) in [6.45, 7) is -0.238. The van der Waals surface area contributed by atoms with Crippen molar-refractivity contribution in [1.82, 2.24) is 14.6 Å². The molecule has 3 aromatic rings. The van der Waals surface area contributed by atoms with Crippen molar-refractivity contribution < 1.29 is 14.3 Å². The summed E-state index contributed by atoms with van der Waals surface area (Å²) in [6.07, 6.45) is 3.05. The van der Waals surface area contributed by atoms with Crippen LogP contribution in [0.2, 0.25) is 0 Å². The Labute approximate surface area is 133 Å². The van der Waals surface area contributed by atoms with E-state index in [1.807, 2.05) is 0 Å². The molecule has 2 N–H and O–H groups in total. The summed E-state index contributed by atoms with van der Waals surface area (Å²) >= 11 is 1.25. The summed E-state index contributed by atoms with van der Waals surface area (Å²) in [6, 6.07) is 5.09. The maximum atomic E-state index is 12.1. The molecule has 0 radical (unpaired) electrons. The van der Waals surface area contributed by atoms with Crippen molar-refractivity contribution in [1.29, 1.82) is 0 Å². The van der Waals surface area contributed by atoms with Crippen LogP contribution in [0.1, 0.15) is 5.56 Å². The minimum absolute atomic E-state index is 0.226. The van der Waals surface area contributed by atoms with Crippen LogP contribution in [0.4, 0.5) is 0 Å². The largest absolute Gasteiger partial charge is 0.493 e. The van der Waals surface area contributed by atoms with Crippen molar-refractivity contribution in [2.45, 2.75) is 0 Å². The molecule has 23 heavy (non-hydrogen) atoms. The summed E-state index contributed by atoms with van der Waals surface area (Å²) in [5.41, 5.74) is 5.57. The standard InChI is InChI=1S/C14H12N4O4S/c1-21-10-4-8(2-3-9(10)22-6-12(15)19)5-11-13(20)18-14(23-11)16-7-17-18/h2-5,7H,6H2,1H3,(H2,15,19)/b11-5-. The number of carbonyl (C=O) groups excluding carboxylic acids is 1. The van der Waals surface area contributed by atoms with Gasteiger partial charge in [0, 0.05) is 0 Å². The second kappa shape index (κ2) is 6.05. The number of rotatable bonds is 5. The normalized spacial score (nSPS) is 11.8. The van der Waals surface area contributed by atoms with E-state index in [0.717, 1.165) is 5.56 Å². The molecule has 1 aromatic carbocycles. The first-order valence-corrected chi connectivity index (χ1v) is 7.33. The third kappa shape index (κ3) is 2.99. The van der Waals surface area contributed by atoms with Crippen molar-refractivity contribution >= 4 is 28.3 Å². The molecule has 0 fully saturated rings. The lowest BCUT2D eigenvalue weighted by molar-refractivity contribution is -0.119. The molecule has 0 spiro atoms. The molecule has 0 bridgehead atoms. The number of primary amides is 1. The molecular weight excluding hydrogens is 320 g/mol. The van der Waals surface area contributed by atoms with Crippen LogP contribution in [-0.4, -0.2) is 34.2 Å². The smallest absolute Gasteiger partial charge is 0.291 e. The molecule has 0 aliphatic rings. The van der Waals surface area contributed by atoms with E-state index in [9.17, 15) is 9.59 Å². The molecular formula is C14H12N4O4S. The lowest BCUT2D eigenvalue weighted by Crippen LogP contribution is -2.23. The molecule has 2 aromatic heterocycles. The minimum atomic E-state index is -0.576. The van der Waals surface area contributed by atoms with Gasteiger partial charge in [-0.3, -0.25) is 9.59 Å². The molecule has 0 saturated carbocycles. The summed E-state index contributed by atoms with van der Waals surface area (Å²) in [5.74, 6) is 0.258. The third-order valence-corrected chi connectivity index (χ3v) is 3.95. The molecule has 1 amide bonds. The molecule has 8 nitrogen and oxygen atoms in total. The van der Waals surface area contributed by atoms with Gasteiger partial charge in [-0.25, -0.2) is 4.98 Å². The molecule has 2 heterocycles. The number of methoxy groups -OCH3 is 1. The van der Waals surface area contributed by atoms with Crippen molar-refractivity contribution in [3.63, 3.8) is 0 Å². The van der Waals surface area contributed by atoms with Crippen LogP contribution in [0, 0.1) is 0 Å². The van der Waals surface area contributed by atoms with Gasteiger partial charge in [-0.05, 0) is 23.8 Å². The van der Waals surface area contributed by atoms with Gasteiger partial charge in [0.1, 0.15) is 6.33 Å². The zero-order valence-corrected chi connectivity index (χ0v) is 12.9. The van der Waals surface area contributed by atoms with Crippen molar-refractivity contribution in [3.05, 3.63) is 45.0 Å². The average Bonchev–Trinajstić information content (AvgIpc) is 3.10. The SMILES string of the molecule is COc1cc(/C=c2\sc3ncnn3c2=O)ccc1OCC(N)=O. The van der Waals surface area contributed by atoms with Crippen molar-refractivity contribution in [2.24, 2.45) is 5.73 Å². The molecule has 118 valence electrons. The predicted octanol–water partition coefficient (Wildman–Crippen LogP) is -0.429. The van der Waals surface area contributed by atoms with Crippen LogP contribution in [0.3, 0.4) is 0 Å². The van der Waals surface area contributed by atoms with Crippen molar-refractivity contribution in [2.75, 3.05) is 13.7 Å². The Morgan fingerprint density at radius 2 is 2.26 bits per heavy atom. The first-order valence-electron chi connectivity index (χ1n) is 6.52. The van der Waals surface area contributed by atoms with E-state index in [4.69, 9.17) is 15.2 Å². The molecule has 0 aliphatic carbocycles. The number of nitrogens with two attached hydrogens (primary N) is 1. The third-order valence-electron chi connectivity index (χ3n) is 2.98. The van der Waals surface area contributed by atoms with Gasteiger partial charge in [0.15, 0.2) is 18.1 Å². The molecule has 0 saturated heterocycles. The van der Waals surface area contributed by atoms with Gasteiger partial charge < -0.3 is 15.2 Å². The number of hydrogen-bond acceptors (Lipinski definition) is 7. The highest BCUT2D eigenvalue weighted by Gasteiger charge is 2.08. The van der Waals surface area contributed by atoms with E-state index in [-0.39, 0.29) is 12.2 Å². The number of nitrogens with zero attached hydrogens (tertiary/aromatic N) is 3. The van der Waals surface area contributed by atoms with Gasteiger partial charge >= 0.3 is 0 Å². The number of benzene rings is 1. The van der Waals surface area contributed by atoms with Crippen LogP contribution < -0.4 is 25.3 Å². The molecule has 3 rings (SSSR count). The number of ether oxygens (including phenoxy) is 2. The van der Waals surface area contributed by atoms with Gasteiger partial charge in [-0.1, -0.05) is 17.4 Å². The van der Waals surface area contributed by atoms with Crippen LogP contribution in [0.15, 0.2) is 29.3 Å². The fraction of sp³-hybridized carbons (Fsp3) is 0.143. The first-order chi connectivity index (χ1) is 11.1. The Bertz CT molecular complexity index is 978. The zero-order chi connectivity index (χ0) is 16.4. The maximum Gasteiger partial charge on any atom is 0.291 e. The maximum absolute atomic E-state index is 12.1. The van der Waals surface area contributed by atoms with Crippen LogP contribution >= 0.6 is 11.3 Å². The first kappa shape index (κ1) is 15.0. The highest BCUT2D eigenvalue weighted by Crippen LogP contribution is 2.28. The van der Waals surface area contributed by atoms with Gasteiger partial charge in [-0.2, -0.15) is 9.61 Å².